The molecular formula is C37H43Cl2N4O11P. The fourth-order valence-electron chi connectivity index (χ4n) is 7.24. The third-order valence-electron chi connectivity index (χ3n) is 10.2. The second-order valence-electron chi connectivity index (χ2n) is 13.6. The van der Waals surface area contributed by atoms with Gasteiger partial charge in [0.2, 0.25) is 5.78 Å². The predicted molar refractivity (Wildman–Crippen MR) is 204 cm³/mol. The molecule has 0 amide bonds. The number of carbonyl (C=O) groups excluding carboxylic acids is 2. The molecule has 0 saturated carbocycles. The van der Waals surface area contributed by atoms with Gasteiger partial charge in [0.1, 0.15) is 28.6 Å². The van der Waals surface area contributed by atoms with E-state index in [4.69, 9.17) is 47.7 Å². The summed E-state index contributed by atoms with van der Waals surface area (Å²) >= 11 is 12.1. The molecule has 6 rings (SSSR count). The van der Waals surface area contributed by atoms with E-state index in [2.05, 4.69) is 10.3 Å². The molecule has 7 unspecified atom stereocenters. The normalized spacial score (nSPS) is 26.1. The SMILES string of the molecule is COc1cccc2c1C(=O)c1c(O)c3c(c(O)c1C2=O)CC(O)(/C(C)=N/NP(=O)(Oc1ccccc1)N(CCCl)CCCl)CC3OC1CC(N)C(O)C(C)O1. The summed E-state index contributed by atoms with van der Waals surface area (Å²) in [7, 11) is -2.75. The van der Waals surface area contributed by atoms with Gasteiger partial charge in [-0.1, -0.05) is 30.3 Å². The van der Waals surface area contributed by atoms with Crippen LogP contribution in [0.2, 0.25) is 0 Å². The number of hydrazone groups is 1. The molecule has 2 aliphatic carbocycles. The largest absolute Gasteiger partial charge is 0.507 e. The van der Waals surface area contributed by atoms with Gasteiger partial charge in [0.15, 0.2) is 12.1 Å². The molecule has 1 saturated heterocycles. The molecule has 3 aromatic carbocycles. The minimum absolute atomic E-state index is 0.0149. The Morgan fingerprint density at radius 1 is 1.05 bits per heavy atom. The molecule has 296 valence electrons. The molecule has 7 atom stereocenters. The fourth-order valence-corrected chi connectivity index (χ4v) is 9.58. The van der Waals surface area contributed by atoms with E-state index in [0.29, 0.717) is 0 Å². The Balaban J connectivity index is 1.45. The molecule has 15 nitrogen and oxygen atoms in total. The van der Waals surface area contributed by atoms with Crippen molar-refractivity contribution >= 4 is 48.2 Å². The molecule has 18 heteroatoms. The number of halogens is 2. The minimum Gasteiger partial charge on any atom is -0.507 e. The quantitative estimate of drug-likeness (QED) is 0.0363. The van der Waals surface area contributed by atoms with E-state index in [1.165, 1.54) is 36.9 Å². The second kappa shape index (κ2) is 16.4. The van der Waals surface area contributed by atoms with Crippen molar-refractivity contribution in [2.75, 3.05) is 32.0 Å². The molecule has 1 aliphatic heterocycles. The average molecular weight is 822 g/mol. The van der Waals surface area contributed by atoms with Crippen LogP contribution in [0.5, 0.6) is 23.0 Å². The van der Waals surface area contributed by atoms with Crippen molar-refractivity contribution in [1.29, 1.82) is 0 Å². The number of para-hydroxylation sites is 1. The smallest absolute Gasteiger partial charge is 0.435 e. The molecule has 3 aromatic rings. The van der Waals surface area contributed by atoms with Crippen LogP contribution in [0.3, 0.4) is 0 Å². The Morgan fingerprint density at radius 3 is 2.36 bits per heavy atom. The van der Waals surface area contributed by atoms with E-state index in [1.807, 2.05) is 0 Å². The number of benzene rings is 3. The lowest BCUT2D eigenvalue weighted by Crippen LogP contribution is -2.52. The summed E-state index contributed by atoms with van der Waals surface area (Å²) < 4.78 is 39.5. The maximum absolute atomic E-state index is 14.5. The van der Waals surface area contributed by atoms with E-state index >= 15 is 0 Å². The maximum atomic E-state index is 14.5. The number of ether oxygens (including phenoxy) is 3. The van der Waals surface area contributed by atoms with Crippen LogP contribution in [-0.4, -0.2) is 104 Å². The van der Waals surface area contributed by atoms with Crippen LogP contribution in [0, 0.1) is 0 Å². The number of nitrogens with zero attached hydrogens (tertiary/aromatic N) is 2. The number of aliphatic hydroxyl groups excluding tert-OH is 1. The first-order valence-electron chi connectivity index (χ1n) is 17.6. The van der Waals surface area contributed by atoms with Gasteiger partial charge in [0.05, 0.1) is 47.8 Å². The summed E-state index contributed by atoms with van der Waals surface area (Å²) in [6.45, 7) is 3.26. The molecule has 55 heavy (non-hydrogen) atoms. The molecule has 0 bridgehead atoms. The number of nitrogens with two attached hydrogens (primary N) is 1. The third kappa shape index (κ3) is 7.70. The molecule has 1 fully saturated rings. The first-order chi connectivity index (χ1) is 26.2. The van der Waals surface area contributed by atoms with Crippen LogP contribution in [-0.2, 0) is 20.5 Å². The van der Waals surface area contributed by atoms with Crippen LogP contribution in [0.15, 0.2) is 53.6 Å². The number of phenols is 2. The van der Waals surface area contributed by atoms with Crippen molar-refractivity contribution in [1.82, 2.24) is 9.87 Å². The number of alkyl halides is 2. The van der Waals surface area contributed by atoms with Crippen molar-refractivity contribution in [3.63, 3.8) is 0 Å². The molecule has 0 radical (unpaired) electrons. The zero-order valence-electron chi connectivity index (χ0n) is 30.3. The molecule has 7 N–H and O–H groups in total. The van der Waals surface area contributed by atoms with E-state index in [1.54, 1.807) is 37.3 Å². The van der Waals surface area contributed by atoms with Crippen molar-refractivity contribution in [3.8, 4) is 23.0 Å². The number of fused-ring (bicyclic) bond motifs is 3. The summed E-state index contributed by atoms with van der Waals surface area (Å²) in [5.41, 5.74) is 2.94. The lowest BCUT2D eigenvalue weighted by Gasteiger charge is -2.43. The number of methoxy groups -OCH3 is 1. The van der Waals surface area contributed by atoms with Gasteiger partial charge in [-0.25, -0.2) is 14.4 Å². The highest BCUT2D eigenvalue weighted by molar-refractivity contribution is 7.54. The molecule has 0 aromatic heterocycles. The number of aromatic hydroxyl groups is 2. The van der Waals surface area contributed by atoms with Crippen LogP contribution < -0.4 is 20.2 Å². The van der Waals surface area contributed by atoms with Crippen LogP contribution in [0.4, 0.5) is 0 Å². The Bertz CT molecular complexity index is 2020. The number of ketones is 2. The number of rotatable bonds is 13. The standard InChI is InChI=1S/C37H43Cl2N4O11P/c1-19-32(44)24(40)16-27(52-19)53-26-18-37(49,20(2)41-42-55(50,43(14-12-38)15-13-39)54-21-8-5-4-6-9-21)17-23-29(26)36(48)31-30(34(23)46)33(45)22-10-7-11-25(51-3)28(22)35(31)47/h4-11,19,24,26-27,32,44,46,48-49H,12-18,40H2,1-3H3,(H,42,50)/b41-20+. The van der Waals surface area contributed by atoms with Gasteiger partial charge in [-0.05, 0) is 32.0 Å². The number of nitrogens with one attached hydrogen (secondary N) is 1. The lowest BCUT2D eigenvalue weighted by atomic mass is 9.72. The monoisotopic (exact) mass is 820 g/mol. The zero-order valence-corrected chi connectivity index (χ0v) is 32.7. The van der Waals surface area contributed by atoms with Gasteiger partial charge in [-0.15, -0.1) is 23.2 Å². The van der Waals surface area contributed by atoms with Gasteiger partial charge < -0.3 is 44.9 Å². The first-order valence-corrected chi connectivity index (χ1v) is 20.2. The summed E-state index contributed by atoms with van der Waals surface area (Å²) in [6, 6.07) is 12.0. The fraction of sp³-hybridized carbons (Fsp3) is 0.432. The number of aliphatic hydroxyl groups is 2. The number of hydrogen-bond acceptors (Lipinski definition) is 13. The average Bonchev–Trinajstić information content (AvgIpc) is 3.16. The van der Waals surface area contributed by atoms with Gasteiger partial charge >= 0.3 is 7.67 Å². The third-order valence-corrected chi connectivity index (χ3v) is 12.5. The number of hydrogen-bond donors (Lipinski definition) is 6. The van der Waals surface area contributed by atoms with Crippen LogP contribution in [0.25, 0.3) is 0 Å². The molecule has 3 aliphatic rings. The van der Waals surface area contributed by atoms with Crippen LogP contribution >= 0.6 is 30.9 Å². The summed E-state index contributed by atoms with van der Waals surface area (Å²) in [5.74, 6) is -2.29. The molecule has 1 heterocycles. The van der Waals surface area contributed by atoms with E-state index < -0.39 is 84.5 Å². The summed E-state index contributed by atoms with van der Waals surface area (Å²) in [5, 5.41) is 53.7. The molecule has 0 spiro atoms. The highest BCUT2D eigenvalue weighted by Crippen LogP contribution is 2.53. The highest BCUT2D eigenvalue weighted by atomic mass is 35.5. The first kappa shape index (κ1) is 40.9. The maximum Gasteiger partial charge on any atom is 0.435 e. The van der Waals surface area contributed by atoms with Crippen molar-refractivity contribution < 1.29 is 53.3 Å². The van der Waals surface area contributed by atoms with Crippen molar-refractivity contribution in [3.05, 3.63) is 81.9 Å². The van der Waals surface area contributed by atoms with Gasteiger partial charge in [-0.2, -0.15) is 5.10 Å². The topological polar surface area (TPSA) is 223 Å². The number of carbonyl (C=O) groups is 2. The van der Waals surface area contributed by atoms with Crippen molar-refractivity contribution in [2.24, 2.45) is 10.8 Å². The Labute approximate surface area is 327 Å². The van der Waals surface area contributed by atoms with Gasteiger partial charge in [0.25, 0.3) is 0 Å². The minimum atomic E-state index is -4.09. The Morgan fingerprint density at radius 2 is 1.73 bits per heavy atom. The second-order valence-corrected chi connectivity index (χ2v) is 16.4. The van der Waals surface area contributed by atoms with E-state index in [0.717, 1.165) is 0 Å². The lowest BCUT2D eigenvalue weighted by molar-refractivity contribution is -0.245. The molecular weight excluding hydrogens is 778 g/mol. The summed E-state index contributed by atoms with van der Waals surface area (Å²) in [4.78, 5) is 28.0. The Kier molecular flexibility index (Phi) is 12.2. The highest BCUT2D eigenvalue weighted by Gasteiger charge is 2.49. The van der Waals surface area contributed by atoms with E-state index in [-0.39, 0.29) is 77.2 Å². The van der Waals surface area contributed by atoms with E-state index in [9.17, 15) is 34.6 Å². The predicted octanol–water partition coefficient (Wildman–Crippen LogP) is 4.37. The summed E-state index contributed by atoms with van der Waals surface area (Å²) in [6.07, 6.45) is -4.89. The number of phenolic OH excluding ortho intramolecular Hbond substituents is 2. The van der Waals surface area contributed by atoms with Gasteiger partial charge in [0, 0.05) is 66.8 Å². The zero-order chi connectivity index (χ0) is 39.8. The Hall–Kier alpha value is -3.76. The van der Waals surface area contributed by atoms with Gasteiger partial charge in [-0.3, -0.25) is 9.59 Å². The van der Waals surface area contributed by atoms with Crippen molar-refractivity contribution in [2.45, 2.75) is 69.4 Å². The van der Waals surface area contributed by atoms with Crippen LogP contribution in [0.1, 0.15) is 75.8 Å².